The fourth-order valence-corrected chi connectivity index (χ4v) is 2.71. The summed E-state index contributed by atoms with van der Waals surface area (Å²) in [6, 6.07) is 8.34. The van der Waals surface area contributed by atoms with Crippen LogP contribution in [-0.4, -0.2) is 45.2 Å². The molecule has 1 aliphatic heterocycles. The Balaban J connectivity index is 2.19. The third kappa shape index (κ3) is 3.04. The molecule has 1 aromatic carbocycles. The van der Waals surface area contributed by atoms with E-state index in [1.54, 1.807) is 0 Å². The summed E-state index contributed by atoms with van der Waals surface area (Å²) in [4.78, 5) is 16.3. The Morgan fingerprint density at radius 2 is 2.05 bits per heavy atom. The molecule has 0 saturated carbocycles. The number of anilines is 2. The molecule has 3 N–H and O–H groups in total. The maximum Gasteiger partial charge on any atom is 0.222 e. The molecule has 5 nitrogen and oxygen atoms in total. The number of benzene rings is 1. The zero-order chi connectivity index (χ0) is 14.5. The molecule has 0 fully saturated rings. The number of carbonyl (C=O) groups excluding carboxylic acids is 1. The van der Waals surface area contributed by atoms with Crippen LogP contribution in [0.15, 0.2) is 24.3 Å². The van der Waals surface area contributed by atoms with E-state index in [4.69, 9.17) is 5.73 Å². The number of nitrogens with one attached hydrogen (secondary N) is 1. The van der Waals surface area contributed by atoms with Crippen LogP contribution >= 0.6 is 0 Å². The molecule has 0 aromatic heterocycles. The van der Waals surface area contributed by atoms with Crippen molar-refractivity contribution in [1.29, 1.82) is 0 Å². The van der Waals surface area contributed by atoms with Gasteiger partial charge in [-0.1, -0.05) is 12.1 Å². The van der Waals surface area contributed by atoms with Crippen LogP contribution in [0.2, 0.25) is 0 Å². The number of nitrogens with zero attached hydrogens (tertiary/aromatic N) is 2. The van der Waals surface area contributed by atoms with Gasteiger partial charge in [0.1, 0.15) is 0 Å². The van der Waals surface area contributed by atoms with Gasteiger partial charge in [0.25, 0.3) is 0 Å². The highest BCUT2D eigenvalue weighted by atomic mass is 16.1. The second kappa shape index (κ2) is 6.61. The fraction of sp³-hybridized carbons (Fsp3) is 0.533. The minimum atomic E-state index is 0.0522. The quantitative estimate of drug-likeness (QED) is 0.835. The SMILES string of the molecule is CCNC(=O)CC(CN)N1CCN(C)c2ccccc21. The summed E-state index contributed by atoms with van der Waals surface area (Å²) in [7, 11) is 2.09. The van der Waals surface area contributed by atoms with Crippen LogP contribution in [0.25, 0.3) is 0 Å². The fourth-order valence-electron chi connectivity index (χ4n) is 2.71. The van der Waals surface area contributed by atoms with Crippen LogP contribution in [0.4, 0.5) is 11.4 Å². The van der Waals surface area contributed by atoms with E-state index in [0.717, 1.165) is 13.1 Å². The Hall–Kier alpha value is -1.75. The summed E-state index contributed by atoms with van der Waals surface area (Å²) >= 11 is 0. The molecule has 1 amide bonds. The molecule has 1 aliphatic rings. The predicted molar refractivity (Wildman–Crippen MR) is 83.2 cm³/mol. The third-order valence-corrected chi connectivity index (χ3v) is 3.79. The second-order valence-electron chi connectivity index (χ2n) is 5.15. The lowest BCUT2D eigenvalue weighted by molar-refractivity contribution is -0.121. The van der Waals surface area contributed by atoms with E-state index in [1.165, 1.54) is 11.4 Å². The van der Waals surface area contributed by atoms with Gasteiger partial charge in [-0.25, -0.2) is 0 Å². The second-order valence-corrected chi connectivity index (χ2v) is 5.15. The Morgan fingerprint density at radius 1 is 1.35 bits per heavy atom. The molecule has 0 aliphatic carbocycles. The van der Waals surface area contributed by atoms with Crippen molar-refractivity contribution in [2.24, 2.45) is 5.73 Å². The number of rotatable bonds is 5. The van der Waals surface area contributed by atoms with Crippen LogP contribution in [0, 0.1) is 0 Å². The molecule has 20 heavy (non-hydrogen) atoms. The maximum absolute atomic E-state index is 11.8. The van der Waals surface area contributed by atoms with E-state index in [-0.39, 0.29) is 11.9 Å². The van der Waals surface area contributed by atoms with Crippen molar-refractivity contribution in [1.82, 2.24) is 5.32 Å². The van der Waals surface area contributed by atoms with Crippen LogP contribution in [0.3, 0.4) is 0 Å². The Bertz CT molecular complexity index is 463. The highest BCUT2D eigenvalue weighted by Crippen LogP contribution is 2.33. The molecule has 2 rings (SSSR count). The van der Waals surface area contributed by atoms with Crippen molar-refractivity contribution in [3.63, 3.8) is 0 Å². The van der Waals surface area contributed by atoms with E-state index < -0.39 is 0 Å². The molecule has 1 heterocycles. The molecule has 0 radical (unpaired) electrons. The van der Waals surface area contributed by atoms with E-state index in [2.05, 4.69) is 34.3 Å². The van der Waals surface area contributed by atoms with Crippen molar-refractivity contribution in [2.45, 2.75) is 19.4 Å². The maximum atomic E-state index is 11.8. The van der Waals surface area contributed by atoms with Crippen LogP contribution in [-0.2, 0) is 4.79 Å². The molecule has 1 unspecified atom stereocenters. The number of amides is 1. The highest BCUT2D eigenvalue weighted by molar-refractivity contribution is 5.79. The standard InChI is InChI=1S/C15H24N4O/c1-3-17-15(20)10-12(11-16)19-9-8-18(2)13-6-4-5-7-14(13)19/h4-7,12H,3,8-11,16H2,1-2H3,(H,17,20). The van der Waals surface area contributed by atoms with Gasteiger partial charge in [0, 0.05) is 39.6 Å². The van der Waals surface area contributed by atoms with Crippen molar-refractivity contribution in [3.05, 3.63) is 24.3 Å². The summed E-state index contributed by atoms with van der Waals surface area (Å²) in [6.45, 7) is 4.92. The van der Waals surface area contributed by atoms with Gasteiger partial charge in [-0.05, 0) is 19.1 Å². The summed E-state index contributed by atoms with van der Waals surface area (Å²) in [5.74, 6) is 0.0689. The van der Waals surface area contributed by atoms with Gasteiger partial charge in [0.15, 0.2) is 0 Å². The van der Waals surface area contributed by atoms with Crippen molar-refractivity contribution in [3.8, 4) is 0 Å². The number of para-hydroxylation sites is 2. The number of nitrogens with two attached hydrogens (primary N) is 1. The van der Waals surface area contributed by atoms with Crippen molar-refractivity contribution in [2.75, 3.05) is 43.0 Å². The number of carbonyl (C=O) groups is 1. The lowest BCUT2D eigenvalue weighted by Gasteiger charge is -2.41. The van der Waals surface area contributed by atoms with Gasteiger partial charge in [0.05, 0.1) is 17.4 Å². The van der Waals surface area contributed by atoms with Gasteiger partial charge in [-0.3, -0.25) is 4.79 Å². The topological polar surface area (TPSA) is 61.6 Å². The Kier molecular flexibility index (Phi) is 4.84. The van der Waals surface area contributed by atoms with E-state index in [1.807, 2.05) is 19.1 Å². The lowest BCUT2D eigenvalue weighted by Crippen LogP contribution is -2.49. The minimum absolute atomic E-state index is 0.0522. The Morgan fingerprint density at radius 3 is 2.70 bits per heavy atom. The van der Waals surface area contributed by atoms with Crippen molar-refractivity contribution >= 4 is 17.3 Å². The number of likely N-dealkylation sites (N-methyl/N-ethyl adjacent to an activating group) is 1. The molecular formula is C15H24N4O. The zero-order valence-corrected chi connectivity index (χ0v) is 12.3. The normalized spacial score (nSPS) is 15.8. The average Bonchev–Trinajstić information content (AvgIpc) is 2.46. The average molecular weight is 276 g/mol. The van der Waals surface area contributed by atoms with E-state index in [0.29, 0.717) is 19.5 Å². The molecule has 0 bridgehead atoms. The van der Waals surface area contributed by atoms with Crippen LogP contribution in [0.5, 0.6) is 0 Å². The first-order valence-corrected chi connectivity index (χ1v) is 7.21. The molecular weight excluding hydrogens is 252 g/mol. The van der Waals surface area contributed by atoms with Gasteiger partial charge >= 0.3 is 0 Å². The number of hydrogen-bond acceptors (Lipinski definition) is 4. The molecule has 110 valence electrons. The predicted octanol–water partition coefficient (Wildman–Crippen LogP) is 0.796. The largest absolute Gasteiger partial charge is 0.371 e. The molecule has 0 spiro atoms. The summed E-state index contributed by atoms with van der Waals surface area (Å²) in [5.41, 5.74) is 8.27. The minimum Gasteiger partial charge on any atom is -0.371 e. The number of hydrogen-bond donors (Lipinski definition) is 2. The van der Waals surface area contributed by atoms with E-state index in [9.17, 15) is 4.79 Å². The van der Waals surface area contributed by atoms with Crippen LogP contribution in [0.1, 0.15) is 13.3 Å². The first kappa shape index (κ1) is 14.7. The van der Waals surface area contributed by atoms with Gasteiger partial charge in [0.2, 0.25) is 5.91 Å². The zero-order valence-electron chi connectivity index (χ0n) is 12.3. The Labute approximate surface area is 120 Å². The van der Waals surface area contributed by atoms with Crippen molar-refractivity contribution < 1.29 is 4.79 Å². The van der Waals surface area contributed by atoms with Gasteiger partial charge < -0.3 is 20.9 Å². The monoisotopic (exact) mass is 276 g/mol. The molecule has 1 atom stereocenters. The van der Waals surface area contributed by atoms with Gasteiger partial charge in [-0.15, -0.1) is 0 Å². The summed E-state index contributed by atoms with van der Waals surface area (Å²) < 4.78 is 0. The molecule has 0 saturated heterocycles. The molecule has 1 aromatic rings. The molecule has 5 heteroatoms. The highest BCUT2D eigenvalue weighted by Gasteiger charge is 2.26. The first-order chi connectivity index (χ1) is 9.67. The smallest absolute Gasteiger partial charge is 0.222 e. The number of fused-ring (bicyclic) bond motifs is 1. The third-order valence-electron chi connectivity index (χ3n) is 3.79. The lowest BCUT2D eigenvalue weighted by atomic mass is 10.1. The summed E-state index contributed by atoms with van der Waals surface area (Å²) in [5, 5.41) is 2.85. The van der Waals surface area contributed by atoms with E-state index >= 15 is 0 Å². The van der Waals surface area contributed by atoms with Gasteiger partial charge in [-0.2, -0.15) is 0 Å². The summed E-state index contributed by atoms with van der Waals surface area (Å²) in [6.07, 6.45) is 0.447. The first-order valence-electron chi connectivity index (χ1n) is 7.21. The van der Waals surface area contributed by atoms with Crippen LogP contribution < -0.4 is 20.9 Å².